The molecule has 3 heterocycles. The molecule has 3 aromatic rings. The fraction of sp³-hybridized carbons (Fsp3) is 0.478. The van der Waals surface area contributed by atoms with Gasteiger partial charge in [-0.15, -0.1) is 0 Å². The first kappa shape index (κ1) is 18.4. The summed E-state index contributed by atoms with van der Waals surface area (Å²) in [6.45, 7) is 4.22. The van der Waals surface area contributed by atoms with E-state index in [-0.39, 0.29) is 0 Å². The first-order valence-electron chi connectivity index (χ1n) is 11.0. The minimum absolute atomic E-state index is 0.566. The maximum Gasteiger partial charge on any atom is 0.229 e. The van der Waals surface area contributed by atoms with E-state index < -0.39 is 0 Å². The number of rotatable bonds is 4. The Bertz CT molecular complexity index is 934. The quantitative estimate of drug-likeness (QED) is 0.643. The lowest BCUT2D eigenvalue weighted by Crippen LogP contribution is -2.43. The van der Waals surface area contributed by atoms with Crippen LogP contribution in [-0.4, -0.2) is 40.7 Å². The summed E-state index contributed by atoms with van der Waals surface area (Å²) in [5.74, 6) is 0.668. The minimum atomic E-state index is 0.566. The fourth-order valence-corrected chi connectivity index (χ4v) is 4.64. The molecule has 0 radical (unpaired) electrons. The third-order valence-electron chi connectivity index (χ3n) is 6.28. The van der Waals surface area contributed by atoms with E-state index in [0.29, 0.717) is 12.0 Å². The lowest BCUT2D eigenvalue weighted by molar-refractivity contribution is 0.454. The number of piperazine rings is 1. The van der Waals surface area contributed by atoms with Crippen LogP contribution >= 0.6 is 0 Å². The molecule has 29 heavy (non-hydrogen) atoms. The van der Waals surface area contributed by atoms with Gasteiger partial charge in [0.2, 0.25) is 5.95 Å². The van der Waals surface area contributed by atoms with E-state index in [9.17, 15) is 0 Å². The van der Waals surface area contributed by atoms with Gasteiger partial charge in [-0.2, -0.15) is 4.98 Å². The van der Waals surface area contributed by atoms with E-state index >= 15 is 0 Å². The van der Waals surface area contributed by atoms with E-state index in [1.165, 1.54) is 44.2 Å². The molecule has 1 saturated heterocycles. The zero-order valence-electron chi connectivity index (χ0n) is 17.0. The maximum absolute atomic E-state index is 4.87. The van der Waals surface area contributed by atoms with Crippen LogP contribution < -0.4 is 15.5 Å². The average Bonchev–Trinajstić information content (AvgIpc) is 3.00. The highest BCUT2D eigenvalue weighted by Crippen LogP contribution is 2.30. The van der Waals surface area contributed by atoms with Gasteiger partial charge in [-0.3, -0.25) is 0 Å². The van der Waals surface area contributed by atoms with E-state index in [0.717, 1.165) is 42.9 Å². The van der Waals surface area contributed by atoms with Gasteiger partial charge in [0.05, 0.1) is 0 Å². The minimum Gasteiger partial charge on any atom is -0.369 e. The standard InChI is InChI=1S/C23H30N6/c1-2-4-6-21(5-3-1)29-14-11-18-17-25-23(27-22(18)29)26-19-7-9-20(10-8-19)28-15-12-24-13-16-28/h7-11,14,17,21,24H,1-6,12-13,15-16H2,(H,25,26,27). The van der Waals surface area contributed by atoms with Crippen LogP contribution in [0.5, 0.6) is 0 Å². The van der Waals surface area contributed by atoms with Gasteiger partial charge in [0.15, 0.2) is 0 Å². The molecule has 5 rings (SSSR count). The van der Waals surface area contributed by atoms with Crippen LogP contribution in [0.4, 0.5) is 17.3 Å². The Morgan fingerprint density at radius 3 is 2.45 bits per heavy atom. The van der Waals surface area contributed by atoms with Crippen LogP contribution in [0.1, 0.15) is 44.6 Å². The summed E-state index contributed by atoms with van der Waals surface area (Å²) in [7, 11) is 0. The van der Waals surface area contributed by atoms with Crippen LogP contribution in [0.2, 0.25) is 0 Å². The predicted molar refractivity (Wildman–Crippen MR) is 119 cm³/mol. The molecule has 152 valence electrons. The molecule has 1 aromatic carbocycles. The Balaban J connectivity index is 1.34. The van der Waals surface area contributed by atoms with E-state index in [1.54, 1.807) is 0 Å². The smallest absolute Gasteiger partial charge is 0.229 e. The average molecular weight is 391 g/mol. The SMILES string of the molecule is c1cc(N2CCNCC2)ccc1Nc1ncc2ccn(C3CCCCCC3)c2n1. The van der Waals surface area contributed by atoms with Gasteiger partial charge in [-0.1, -0.05) is 25.7 Å². The maximum atomic E-state index is 4.87. The van der Waals surface area contributed by atoms with Crippen molar-refractivity contribution in [1.82, 2.24) is 19.9 Å². The summed E-state index contributed by atoms with van der Waals surface area (Å²) in [5, 5.41) is 7.91. The van der Waals surface area contributed by atoms with Crippen molar-refractivity contribution in [3.8, 4) is 0 Å². The van der Waals surface area contributed by atoms with Crippen molar-refractivity contribution in [2.75, 3.05) is 36.4 Å². The summed E-state index contributed by atoms with van der Waals surface area (Å²) in [6, 6.07) is 11.3. The monoisotopic (exact) mass is 390 g/mol. The molecule has 0 atom stereocenters. The summed E-state index contributed by atoms with van der Waals surface area (Å²) in [6.07, 6.45) is 12.0. The Morgan fingerprint density at radius 1 is 0.931 bits per heavy atom. The zero-order valence-corrected chi connectivity index (χ0v) is 17.0. The number of nitrogens with zero attached hydrogens (tertiary/aromatic N) is 4. The molecule has 0 amide bonds. The number of hydrogen-bond acceptors (Lipinski definition) is 5. The van der Waals surface area contributed by atoms with Crippen molar-refractivity contribution in [3.05, 3.63) is 42.7 Å². The van der Waals surface area contributed by atoms with Crippen molar-refractivity contribution in [1.29, 1.82) is 0 Å². The first-order chi connectivity index (χ1) is 14.4. The molecule has 0 unspecified atom stereocenters. The van der Waals surface area contributed by atoms with Crippen molar-refractivity contribution < 1.29 is 0 Å². The number of anilines is 3. The van der Waals surface area contributed by atoms with Crippen LogP contribution in [0.25, 0.3) is 11.0 Å². The summed E-state index contributed by atoms with van der Waals surface area (Å²) in [4.78, 5) is 11.8. The number of aromatic nitrogens is 3. The molecule has 0 bridgehead atoms. The molecule has 6 heteroatoms. The lowest BCUT2D eigenvalue weighted by atomic mass is 10.1. The molecule has 2 N–H and O–H groups in total. The fourth-order valence-electron chi connectivity index (χ4n) is 4.64. The summed E-state index contributed by atoms with van der Waals surface area (Å²) >= 11 is 0. The lowest BCUT2D eigenvalue weighted by Gasteiger charge is -2.29. The van der Waals surface area contributed by atoms with E-state index in [4.69, 9.17) is 4.98 Å². The molecule has 2 aromatic heterocycles. The van der Waals surface area contributed by atoms with Gasteiger partial charge in [0.25, 0.3) is 0 Å². The second-order valence-corrected chi connectivity index (χ2v) is 8.25. The normalized spacial score (nSPS) is 18.7. The third kappa shape index (κ3) is 4.08. The molecule has 2 aliphatic rings. The molecular weight excluding hydrogens is 360 g/mol. The summed E-state index contributed by atoms with van der Waals surface area (Å²) < 4.78 is 2.38. The van der Waals surface area contributed by atoms with Gasteiger partial charge < -0.3 is 20.1 Å². The second-order valence-electron chi connectivity index (χ2n) is 8.25. The molecule has 1 aliphatic heterocycles. The molecule has 2 fully saturated rings. The van der Waals surface area contributed by atoms with Gasteiger partial charge in [-0.05, 0) is 43.2 Å². The number of fused-ring (bicyclic) bond motifs is 1. The topological polar surface area (TPSA) is 58.0 Å². The largest absolute Gasteiger partial charge is 0.369 e. The Labute approximate surface area is 172 Å². The van der Waals surface area contributed by atoms with Crippen molar-refractivity contribution in [2.24, 2.45) is 0 Å². The number of benzene rings is 1. The van der Waals surface area contributed by atoms with Crippen molar-refractivity contribution in [3.63, 3.8) is 0 Å². The zero-order chi connectivity index (χ0) is 19.5. The predicted octanol–water partition coefficient (Wildman–Crippen LogP) is 4.48. The number of hydrogen-bond donors (Lipinski definition) is 2. The van der Waals surface area contributed by atoms with Crippen LogP contribution in [0.15, 0.2) is 42.7 Å². The first-order valence-corrected chi connectivity index (χ1v) is 11.0. The van der Waals surface area contributed by atoms with Gasteiger partial charge in [-0.25, -0.2) is 4.98 Å². The third-order valence-corrected chi connectivity index (χ3v) is 6.28. The second kappa shape index (κ2) is 8.41. The van der Waals surface area contributed by atoms with E-state index in [1.807, 2.05) is 6.20 Å². The van der Waals surface area contributed by atoms with E-state index in [2.05, 4.69) is 61.6 Å². The highest BCUT2D eigenvalue weighted by Gasteiger charge is 2.17. The van der Waals surface area contributed by atoms with Gasteiger partial charge in [0.1, 0.15) is 5.65 Å². The number of nitrogens with one attached hydrogen (secondary N) is 2. The van der Waals surface area contributed by atoms with Crippen molar-refractivity contribution >= 4 is 28.4 Å². The Hall–Kier alpha value is -2.60. The highest BCUT2D eigenvalue weighted by molar-refractivity contribution is 5.77. The molecule has 1 aliphatic carbocycles. The van der Waals surface area contributed by atoms with Gasteiger partial charge >= 0.3 is 0 Å². The van der Waals surface area contributed by atoms with Crippen LogP contribution in [0, 0.1) is 0 Å². The molecule has 6 nitrogen and oxygen atoms in total. The molecule has 1 saturated carbocycles. The molecule has 0 spiro atoms. The van der Waals surface area contributed by atoms with Crippen molar-refractivity contribution in [2.45, 2.75) is 44.6 Å². The van der Waals surface area contributed by atoms with Gasteiger partial charge in [0, 0.05) is 61.4 Å². The summed E-state index contributed by atoms with van der Waals surface area (Å²) in [5.41, 5.74) is 3.35. The van der Waals surface area contributed by atoms with Crippen LogP contribution in [-0.2, 0) is 0 Å². The molecular formula is C23H30N6. The Morgan fingerprint density at radius 2 is 1.69 bits per heavy atom. The van der Waals surface area contributed by atoms with Crippen LogP contribution in [0.3, 0.4) is 0 Å². The highest BCUT2D eigenvalue weighted by atomic mass is 15.2. The Kier molecular flexibility index (Phi) is 5.35.